The molecule has 2 amide bonds. The van der Waals surface area contributed by atoms with E-state index < -0.39 is 10.0 Å². The van der Waals surface area contributed by atoms with Crippen molar-refractivity contribution in [3.05, 3.63) is 53.6 Å². The number of piperidine rings is 1. The first-order valence-electron chi connectivity index (χ1n) is 11.4. The third kappa shape index (κ3) is 6.08. The van der Waals surface area contributed by atoms with Gasteiger partial charge in [-0.3, -0.25) is 13.9 Å². The van der Waals surface area contributed by atoms with Gasteiger partial charge in [-0.15, -0.1) is 0 Å². The van der Waals surface area contributed by atoms with Crippen molar-refractivity contribution < 1.29 is 22.7 Å². The van der Waals surface area contributed by atoms with Gasteiger partial charge in [-0.1, -0.05) is 17.7 Å². The normalized spacial score (nSPS) is 14.5. The van der Waals surface area contributed by atoms with Crippen LogP contribution in [0.2, 0.25) is 0 Å². The summed E-state index contributed by atoms with van der Waals surface area (Å²) in [6, 6.07) is 11.9. The van der Waals surface area contributed by atoms with E-state index in [1.54, 1.807) is 62.3 Å². The molecule has 0 aromatic heterocycles. The summed E-state index contributed by atoms with van der Waals surface area (Å²) in [5.74, 6) is 0.439. The number of hydrogen-bond acceptors (Lipinski definition) is 5. The molecule has 1 fully saturated rings. The topological polar surface area (TPSA) is 96.0 Å². The zero-order chi connectivity index (χ0) is 24.9. The van der Waals surface area contributed by atoms with Crippen molar-refractivity contribution in [1.82, 2.24) is 10.2 Å². The van der Waals surface area contributed by atoms with Gasteiger partial charge in [-0.2, -0.15) is 0 Å². The fourth-order valence-corrected chi connectivity index (χ4v) is 5.86. The number of hydrogen-bond donors (Lipinski definition) is 1. The summed E-state index contributed by atoms with van der Waals surface area (Å²) < 4.78 is 33.8. The molecule has 3 rings (SSSR count). The van der Waals surface area contributed by atoms with Crippen molar-refractivity contribution in [1.29, 1.82) is 0 Å². The smallest absolute Gasteiger partial charge is 0.264 e. The number of anilines is 1. The molecule has 1 aliphatic rings. The summed E-state index contributed by atoms with van der Waals surface area (Å²) in [6.07, 6.45) is 1.39. The lowest BCUT2D eigenvalue weighted by atomic mass is 10.0. The second kappa shape index (κ2) is 10.9. The van der Waals surface area contributed by atoms with E-state index in [2.05, 4.69) is 5.32 Å². The summed E-state index contributed by atoms with van der Waals surface area (Å²) in [4.78, 5) is 26.2. The van der Waals surface area contributed by atoms with E-state index in [4.69, 9.17) is 4.74 Å². The Kier molecular flexibility index (Phi) is 8.19. The molecule has 1 saturated heterocycles. The summed E-state index contributed by atoms with van der Waals surface area (Å²) in [6.45, 7) is 6.45. The Balaban J connectivity index is 1.76. The molecule has 0 aliphatic carbocycles. The molecule has 0 spiro atoms. The van der Waals surface area contributed by atoms with E-state index in [-0.39, 0.29) is 35.7 Å². The third-order valence-corrected chi connectivity index (χ3v) is 8.09. The molecule has 0 radical (unpaired) electrons. The zero-order valence-corrected chi connectivity index (χ0v) is 21.0. The summed E-state index contributed by atoms with van der Waals surface area (Å²) in [5, 5.41) is 3.00. The molecule has 2 aromatic carbocycles. The molecule has 8 nitrogen and oxygen atoms in total. The number of aryl methyl sites for hydroxylation is 2. The highest BCUT2D eigenvalue weighted by molar-refractivity contribution is 7.92. The minimum Gasteiger partial charge on any atom is -0.497 e. The number of ether oxygens (including phenoxy) is 1. The first kappa shape index (κ1) is 25.6. The molecule has 2 aromatic rings. The number of nitrogens with zero attached hydrogens (tertiary/aromatic N) is 2. The Bertz CT molecular complexity index is 1120. The van der Waals surface area contributed by atoms with Crippen LogP contribution in [0.3, 0.4) is 0 Å². The molecule has 0 atom stereocenters. The van der Waals surface area contributed by atoms with Crippen molar-refractivity contribution in [2.75, 3.05) is 31.0 Å². The molecule has 9 heteroatoms. The Morgan fingerprint density at radius 2 is 1.74 bits per heavy atom. The Labute approximate surface area is 201 Å². The van der Waals surface area contributed by atoms with E-state index in [1.165, 1.54) is 4.31 Å². The van der Waals surface area contributed by atoms with Crippen LogP contribution in [0, 0.1) is 13.8 Å². The van der Waals surface area contributed by atoms with Crippen LogP contribution >= 0.6 is 0 Å². The maximum Gasteiger partial charge on any atom is 0.264 e. The number of methoxy groups -OCH3 is 1. The summed E-state index contributed by atoms with van der Waals surface area (Å²) >= 11 is 0. The van der Waals surface area contributed by atoms with Crippen LogP contribution in [-0.2, 0) is 19.6 Å². The number of nitrogens with one attached hydrogen (secondary N) is 1. The minimum atomic E-state index is -3.90. The molecule has 1 aliphatic heterocycles. The van der Waals surface area contributed by atoms with Crippen LogP contribution in [0.25, 0.3) is 0 Å². The van der Waals surface area contributed by atoms with Crippen LogP contribution in [0.1, 0.15) is 37.3 Å². The first-order chi connectivity index (χ1) is 16.1. The van der Waals surface area contributed by atoms with Crippen LogP contribution in [-0.4, -0.2) is 57.9 Å². The highest BCUT2D eigenvalue weighted by atomic mass is 32.2. The number of carbonyl (C=O) groups is 2. The number of rotatable bonds is 8. The van der Waals surface area contributed by atoms with E-state index in [1.807, 2.05) is 13.0 Å². The van der Waals surface area contributed by atoms with Gasteiger partial charge in [-0.05, 0) is 62.6 Å². The molecular formula is C25H33N3O5S. The quantitative estimate of drug-likeness (QED) is 0.618. The molecule has 0 saturated carbocycles. The molecule has 0 bridgehead atoms. The van der Waals surface area contributed by atoms with Crippen molar-refractivity contribution in [2.24, 2.45) is 0 Å². The van der Waals surface area contributed by atoms with E-state index in [0.29, 0.717) is 42.9 Å². The van der Waals surface area contributed by atoms with E-state index >= 15 is 0 Å². The van der Waals surface area contributed by atoms with Crippen LogP contribution < -0.4 is 14.4 Å². The monoisotopic (exact) mass is 487 g/mol. The van der Waals surface area contributed by atoms with Gasteiger partial charge in [0, 0.05) is 39.0 Å². The lowest BCUT2D eigenvalue weighted by molar-refractivity contribution is -0.130. The highest BCUT2D eigenvalue weighted by Gasteiger charge is 2.28. The molecule has 184 valence electrons. The van der Waals surface area contributed by atoms with Gasteiger partial charge in [-0.25, -0.2) is 8.42 Å². The third-order valence-electron chi connectivity index (χ3n) is 6.11. The lowest BCUT2D eigenvalue weighted by Gasteiger charge is -2.32. The predicted octanol–water partition coefficient (Wildman–Crippen LogP) is 3.02. The number of benzene rings is 2. The van der Waals surface area contributed by atoms with Crippen LogP contribution in [0.5, 0.6) is 5.75 Å². The average Bonchev–Trinajstić information content (AvgIpc) is 2.79. The standard InChI is InChI=1S/C25H33N3O5S/c1-18-5-10-24(19(2)17-18)34(31,32)28(22-6-8-23(33-4)9-7-22)16-13-25(30)26-21-11-14-27(15-12-21)20(3)29/h5-10,17,21H,11-16H2,1-4H3,(H,26,30). The second-order valence-electron chi connectivity index (χ2n) is 8.64. The minimum absolute atomic E-state index is 0.000102. The average molecular weight is 488 g/mol. The fraction of sp³-hybridized carbons (Fsp3) is 0.440. The maximum atomic E-state index is 13.6. The number of amides is 2. The number of likely N-dealkylation sites (tertiary alicyclic amines) is 1. The molecule has 1 N–H and O–H groups in total. The van der Waals surface area contributed by atoms with E-state index in [0.717, 1.165) is 5.56 Å². The van der Waals surface area contributed by atoms with Gasteiger partial charge in [0.25, 0.3) is 10.0 Å². The Morgan fingerprint density at radius 3 is 2.29 bits per heavy atom. The largest absolute Gasteiger partial charge is 0.497 e. The van der Waals surface area contributed by atoms with Crippen molar-refractivity contribution in [2.45, 2.75) is 51.0 Å². The predicted molar refractivity (Wildman–Crippen MR) is 131 cm³/mol. The number of carbonyl (C=O) groups excluding carboxylic acids is 2. The summed E-state index contributed by atoms with van der Waals surface area (Å²) in [7, 11) is -2.35. The van der Waals surface area contributed by atoms with Crippen molar-refractivity contribution in [3.63, 3.8) is 0 Å². The van der Waals surface area contributed by atoms with E-state index in [9.17, 15) is 18.0 Å². The number of sulfonamides is 1. The second-order valence-corrected chi connectivity index (χ2v) is 10.5. The Morgan fingerprint density at radius 1 is 1.09 bits per heavy atom. The van der Waals surface area contributed by atoms with Crippen LogP contribution in [0.15, 0.2) is 47.4 Å². The maximum absolute atomic E-state index is 13.6. The first-order valence-corrected chi connectivity index (χ1v) is 12.8. The van der Waals surface area contributed by atoms with Gasteiger partial charge in [0.15, 0.2) is 0 Å². The van der Waals surface area contributed by atoms with Gasteiger partial charge >= 0.3 is 0 Å². The van der Waals surface area contributed by atoms with Crippen LogP contribution in [0.4, 0.5) is 5.69 Å². The van der Waals surface area contributed by atoms with Crippen molar-refractivity contribution in [3.8, 4) is 5.75 Å². The molecule has 1 heterocycles. The SMILES string of the molecule is COc1ccc(N(CCC(=O)NC2CCN(C(C)=O)CC2)S(=O)(=O)c2ccc(C)cc2C)cc1. The fourth-order valence-electron chi connectivity index (χ4n) is 4.19. The molecule has 0 unspecified atom stereocenters. The Hall–Kier alpha value is -3.07. The van der Waals surface area contributed by atoms with Gasteiger partial charge in [0.05, 0.1) is 17.7 Å². The molecular weight excluding hydrogens is 454 g/mol. The van der Waals surface area contributed by atoms with Gasteiger partial charge in [0.1, 0.15) is 5.75 Å². The van der Waals surface area contributed by atoms with Crippen molar-refractivity contribution >= 4 is 27.5 Å². The lowest BCUT2D eigenvalue weighted by Crippen LogP contribution is -2.46. The molecule has 34 heavy (non-hydrogen) atoms. The highest BCUT2D eigenvalue weighted by Crippen LogP contribution is 2.28. The van der Waals surface area contributed by atoms with Gasteiger partial charge < -0.3 is 15.0 Å². The van der Waals surface area contributed by atoms with Gasteiger partial charge in [0.2, 0.25) is 11.8 Å². The zero-order valence-electron chi connectivity index (χ0n) is 20.2. The summed E-state index contributed by atoms with van der Waals surface area (Å²) in [5.41, 5.74) is 2.09.